The van der Waals surface area contributed by atoms with Gasteiger partial charge in [0.15, 0.2) is 0 Å². The van der Waals surface area contributed by atoms with Crippen LogP contribution in [0.4, 0.5) is 4.39 Å². The van der Waals surface area contributed by atoms with Crippen LogP contribution in [-0.2, 0) is 0 Å². The molecule has 2 aromatic rings. The van der Waals surface area contributed by atoms with E-state index in [1.165, 1.54) is 12.1 Å². The molecule has 3 rings (SSSR count). The van der Waals surface area contributed by atoms with E-state index < -0.39 is 0 Å². The Morgan fingerprint density at radius 2 is 2.00 bits per heavy atom. The van der Waals surface area contributed by atoms with Gasteiger partial charge in [-0.05, 0) is 30.7 Å². The van der Waals surface area contributed by atoms with Crippen molar-refractivity contribution in [2.45, 2.75) is 18.9 Å². The van der Waals surface area contributed by atoms with Crippen molar-refractivity contribution in [3.05, 3.63) is 59.0 Å². The summed E-state index contributed by atoms with van der Waals surface area (Å²) in [7, 11) is 0. The fourth-order valence-electron chi connectivity index (χ4n) is 2.98. The van der Waals surface area contributed by atoms with E-state index in [-0.39, 0.29) is 11.9 Å². The summed E-state index contributed by atoms with van der Waals surface area (Å²) in [6, 6.07) is 10.3. The molecule has 5 heteroatoms. The Balaban J connectivity index is 1.71. The van der Waals surface area contributed by atoms with Gasteiger partial charge in [0.25, 0.3) is 0 Å². The van der Waals surface area contributed by atoms with Crippen molar-refractivity contribution in [2.75, 3.05) is 13.1 Å². The van der Waals surface area contributed by atoms with Crippen molar-refractivity contribution < 1.29 is 9.13 Å². The topological polar surface area (TPSA) is 34.1 Å². The predicted octanol–water partition coefficient (Wildman–Crippen LogP) is 3.64. The van der Waals surface area contributed by atoms with Gasteiger partial charge in [-0.1, -0.05) is 23.7 Å². The van der Waals surface area contributed by atoms with Gasteiger partial charge in [-0.15, -0.1) is 0 Å². The highest BCUT2D eigenvalue weighted by atomic mass is 35.5. The zero-order valence-electron chi connectivity index (χ0n) is 12.3. The number of hydrogen-bond donors (Lipinski definition) is 1. The van der Waals surface area contributed by atoms with E-state index in [2.05, 4.69) is 10.3 Å². The Hall–Kier alpha value is -1.65. The van der Waals surface area contributed by atoms with Crippen molar-refractivity contribution in [3.8, 4) is 5.88 Å². The summed E-state index contributed by atoms with van der Waals surface area (Å²) in [4.78, 5) is 4.17. The van der Waals surface area contributed by atoms with Crippen molar-refractivity contribution in [1.29, 1.82) is 0 Å². The highest BCUT2D eigenvalue weighted by Crippen LogP contribution is 2.32. The average molecular weight is 321 g/mol. The Morgan fingerprint density at radius 1 is 1.23 bits per heavy atom. The molecule has 1 aliphatic heterocycles. The van der Waals surface area contributed by atoms with Crippen LogP contribution in [0.25, 0.3) is 0 Å². The van der Waals surface area contributed by atoms with Gasteiger partial charge in [0.2, 0.25) is 5.88 Å². The smallest absolute Gasteiger partial charge is 0.213 e. The molecular weight excluding hydrogens is 303 g/mol. The van der Waals surface area contributed by atoms with Crippen LogP contribution in [0.15, 0.2) is 42.6 Å². The van der Waals surface area contributed by atoms with Crippen LogP contribution in [0.2, 0.25) is 5.02 Å². The van der Waals surface area contributed by atoms with E-state index >= 15 is 0 Å². The van der Waals surface area contributed by atoms with Crippen molar-refractivity contribution in [3.63, 3.8) is 0 Å². The van der Waals surface area contributed by atoms with E-state index in [0.717, 1.165) is 18.7 Å². The Bertz CT molecular complexity index is 618. The minimum Gasteiger partial charge on any atom is -0.474 e. The lowest BCUT2D eigenvalue weighted by molar-refractivity contribution is 0.145. The fourth-order valence-corrected chi connectivity index (χ4v) is 3.09. The first-order valence-electron chi connectivity index (χ1n) is 7.38. The van der Waals surface area contributed by atoms with E-state index in [4.69, 9.17) is 16.3 Å². The number of hydrogen-bond acceptors (Lipinski definition) is 3. The lowest BCUT2D eigenvalue weighted by atomic mass is 9.86. The Kier molecular flexibility index (Phi) is 4.60. The van der Waals surface area contributed by atoms with Crippen LogP contribution in [0, 0.1) is 11.7 Å². The van der Waals surface area contributed by atoms with Crippen LogP contribution >= 0.6 is 11.6 Å². The molecule has 0 unspecified atom stereocenters. The normalized spacial score (nSPS) is 22.5. The molecule has 0 aliphatic carbocycles. The van der Waals surface area contributed by atoms with Crippen molar-refractivity contribution in [2.24, 2.45) is 5.92 Å². The molecule has 0 amide bonds. The third-order valence-electron chi connectivity index (χ3n) is 4.17. The summed E-state index contributed by atoms with van der Waals surface area (Å²) >= 11 is 5.83. The zero-order chi connectivity index (χ0) is 15.5. The molecule has 1 N–H and O–H groups in total. The highest BCUT2D eigenvalue weighted by Gasteiger charge is 2.33. The molecule has 22 heavy (non-hydrogen) atoms. The van der Waals surface area contributed by atoms with Gasteiger partial charge < -0.3 is 10.1 Å². The first kappa shape index (κ1) is 15.3. The van der Waals surface area contributed by atoms with Crippen LogP contribution in [0.5, 0.6) is 5.88 Å². The fraction of sp³-hybridized carbons (Fsp3) is 0.353. The molecule has 1 aromatic heterocycles. The number of benzene rings is 1. The minimum absolute atomic E-state index is 0.00118. The third kappa shape index (κ3) is 3.39. The third-order valence-corrected chi connectivity index (χ3v) is 4.39. The predicted molar refractivity (Wildman–Crippen MR) is 84.8 cm³/mol. The molecule has 3 nitrogen and oxygen atoms in total. The first-order chi connectivity index (χ1) is 10.6. The Morgan fingerprint density at radius 3 is 2.68 bits per heavy atom. The standard InChI is InChI=1S/C17H18ClFN2O/c1-11(22-17-7-4-13(18)8-21-17)15-9-20-10-16(15)12-2-5-14(19)6-3-12/h2-8,11,15-16,20H,9-10H2,1H3/t11-,15+,16+/m0/s1. The second kappa shape index (κ2) is 6.63. The van der Waals surface area contributed by atoms with Gasteiger partial charge in [0.1, 0.15) is 11.9 Å². The molecule has 0 saturated carbocycles. The van der Waals surface area contributed by atoms with Crippen LogP contribution in [0.3, 0.4) is 0 Å². The van der Waals surface area contributed by atoms with Gasteiger partial charge in [0.05, 0.1) is 5.02 Å². The summed E-state index contributed by atoms with van der Waals surface area (Å²) in [6.45, 7) is 3.79. The molecule has 0 spiro atoms. The number of nitrogens with one attached hydrogen (secondary N) is 1. The van der Waals surface area contributed by atoms with Crippen molar-refractivity contribution >= 4 is 11.6 Å². The maximum atomic E-state index is 13.1. The summed E-state index contributed by atoms with van der Waals surface area (Å²) in [6.07, 6.45) is 1.58. The molecule has 1 aliphatic rings. The largest absolute Gasteiger partial charge is 0.474 e. The average Bonchev–Trinajstić information content (AvgIpc) is 3.00. The number of pyridine rings is 1. The molecule has 1 saturated heterocycles. The number of ether oxygens (including phenoxy) is 1. The van der Waals surface area contributed by atoms with Gasteiger partial charge in [0, 0.05) is 37.2 Å². The minimum atomic E-state index is -0.207. The van der Waals surface area contributed by atoms with Crippen LogP contribution < -0.4 is 10.1 Å². The second-order valence-electron chi connectivity index (χ2n) is 5.62. The maximum absolute atomic E-state index is 13.1. The van der Waals surface area contributed by atoms with Crippen LogP contribution in [0.1, 0.15) is 18.4 Å². The van der Waals surface area contributed by atoms with E-state index in [0.29, 0.717) is 22.7 Å². The monoisotopic (exact) mass is 320 g/mol. The van der Waals surface area contributed by atoms with Gasteiger partial charge in [-0.3, -0.25) is 0 Å². The van der Waals surface area contributed by atoms with E-state index in [9.17, 15) is 4.39 Å². The molecule has 2 heterocycles. The molecule has 116 valence electrons. The Labute approximate surface area is 134 Å². The second-order valence-corrected chi connectivity index (χ2v) is 6.05. The summed E-state index contributed by atoms with van der Waals surface area (Å²) in [5.41, 5.74) is 1.14. The number of halogens is 2. The summed E-state index contributed by atoms with van der Waals surface area (Å²) in [5, 5.41) is 3.99. The number of nitrogens with zero attached hydrogens (tertiary/aromatic N) is 1. The lowest BCUT2D eigenvalue weighted by Gasteiger charge is -2.25. The SMILES string of the molecule is C[C@H](Oc1ccc(Cl)cn1)[C@H]1CNC[C@@H]1c1ccc(F)cc1. The van der Waals surface area contributed by atoms with Crippen molar-refractivity contribution in [1.82, 2.24) is 10.3 Å². The zero-order valence-corrected chi connectivity index (χ0v) is 13.1. The lowest BCUT2D eigenvalue weighted by Crippen LogP contribution is -2.29. The molecule has 0 radical (unpaired) electrons. The number of aromatic nitrogens is 1. The first-order valence-corrected chi connectivity index (χ1v) is 7.75. The molecular formula is C17H18ClFN2O. The summed E-state index contributed by atoms with van der Waals surface area (Å²) in [5.74, 6) is 0.980. The van der Waals surface area contributed by atoms with Crippen LogP contribution in [-0.4, -0.2) is 24.2 Å². The number of rotatable bonds is 4. The molecule has 1 fully saturated rings. The molecule has 3 atom stereocenters. The van der Waals surface area contributed by atoms with Gasteiger partial charge in [-0.25, -0.2) is 9.37 Å². The van der Waals surface area contributed by atoms with E-state index in [1.54, 1.807) is 18.3 Å². The molecule has 0 bridgehead atoms. The highest BCUT2D eigenvalue weighted by molar-refractivity contribution is 6.30. The maximum Gasteiger partial charge on any atom is 0.213 e. The van der Waals surface area contributed by atoms with E-state index in [1.807, 2.05) is 19.1 Å². The summed E-state index contributed by atoms with van der Waals surface area (Å²) < 4.78 is 19.0. The molecule has 1 aromatic carbocycles. The van der Waals surface area contributed by atoms with Gasteiger partial charge in [-0.2, -0.15) is 0 Å². The van der Waals surface area contributed by atoms with Gasteiger partial charge >= 0.3 is 0 Å². The quantitative estimate of drug-likeness (QED) is 0.934.